The Labute approximate surface area is 144 Å². The maximum atomic E-state index is 6.24. The van der Waals surface area contributed by atoms with Gasteiger partial charge in [0, 0.05) is 12.1 Å². The first-order valence-corrected chi connectivity index (χ1v) is 8.51. The summed E-state index contributed by atoms with van der Waals surface area (Å²) < 4.78 is 5.88. The van der Waals surface area contributed by atoms with E-state index < -0.39 is 0 Å². The highest BCUT2D eigenvalue weighted by Crippen LogP contribution is 2.39. The van der Waals surface area contributed by atoms with Gasteiger partial charge in [0.25, 0.3) is 0 Å². The Morgan fingerprint density at radius 2 is 1.82 bits per heavy atom. The fraction of sp³-hybridized carbons (Fsp3) is 0.188. The fourth-order valence-corrected chi connectivity index (χ4v) is 2.56. The summed E-state index contributed by atoms with van der Waals surface area (Å²) in [7, 11) is 0. The SMILES string of the molecule is CSC(N)=Nc1c(Cl)cc(Oc2cccc(C)c2C)cc1Cl. The summed E-state index contributed by atoms with van der Waals surface area (Å²) in [5.74, 6) is 1.33. The van der Waals surface area contributed by atoms with Crippen LogP contribution < -0.4 is 10.5 Å². The minimum absolute atomic E-state index is 0.393. The van der Waals surface area contributed by atoms with Gasteiger partial charge in [0.05, 0.1) is 10.0 Å². The van der Waals surface area contributed by atoms with Gasteiger partial charge in [0.2, 0.25) is 0 Å². The molecule has 0 radical (unpaired) electrons. The third-order valence-corrected chi connectivity index (χ3v) is 4.29. The second-order valence-corrected chi connectivity index (χ2v) is 6.33. The quantitative estimate of drug-likeness (QED) is 0.566. The molecule has 0 aromatic heterocycles. The molecule has 6 heteroatoms. The van der Waals surface area contributed by atoms with E-state index in [1.165, 1.54) is 11.8 Å². The van der Waals surface area contributed by atoms with Crippen molar-refractivity contribution in [2.45, 2.75) is 13.8 Å². The normalized spacial score (nSPS) is 11.6. The van der Waals surface area contributed by atoms with Gasteiger partial charge in [0.1, 0.15) is 17.2 Å². The van der Waals surface area contributed by atoms with Gasteiger partial charge in [-0.1, -0.05) is 47.1 Å². The lowest BCUT2D eigenvalue weighted by Gasteiger charge is -2.12. The third kappa shape index (κ3) is 3.88. The molecule has 0 fully saturated rings. The van der Waals surface area contributed by atoms with Crippen molar-refractivity contribution in [2.24, 2.45) is 10.7 Å². The molecule has 2 aromatic carbocycles. The van der Waals surface area contributed by atoms with Crippen LogP contribution >= 0.6 is 35.0 Å². The minimum atomic E-state index is 0.393. The van der Waals surface area contributed by atoms with E-state index in [0.29, 0.717) is 26.6 Å². The number of amidine groups is 1. The molecule has 0 aliphatic rings. The van der Waals surface area contributed by atoms with Gasteiger partial charge in [0.15, 0.2) is 5.17 Å². The minimum Gasteiger partial charge on any atom is -0.457 e. The first-order valence-electron chi connectivity index (χ1n) is 6.53. The number of halogens is 2. The Balaban J connectivity index is 2.37. The molecule has 22 heavy (non-hydrogen) atoms. The van der Waals surface area contributed by atoms with Crippen LogP contribution in [-0.4, -0.2) is 11.4 Å². The van der Waals surface area contributed by atoms with Crippen LogP contribution in [0.1, 0.15) is 11.1 Å². The highest BCUT2D eigenvalue weighted by atomic mass is 35.5. The Bertz CT molecular complexity index is 709. The van der Waals surface area contributed by atoms with Crippen LogP contribution in [0, 0.1) is 13.8 Å². The molecular formula is C16H16Cl2N2OS. The second kappa shape index (κ2) is 7.27. The molecule has 2 N–H and O–H groups in total. The van der Waals surface area contributed by atoms with Crippen LogP contribution in [0.3, 0.4) is 0 Å². The molecule has 0 bridgehead atoms. The highest BCUT2D eigenvalue weighted by Gasteiger charge is 2.11. The molecule has 0 heterocycles. The van der Waals surface area contributed by atoms with Gasteiger partial charge in [-0.15, -0.1) is 0 Å². The molecule has 0 amide bonds. The maximum absolute atomic E-state index is 6.24. The van der Waals surface area contributed by atoms with E-state index in [1.54, 1.807) is 12.1 Å². The largest absolute Gasteiger partial charge is 0.457 e. The van der Waals surface area contributed by atoms with Crippen LogP contribution in [0.4, 0.5) is 5.69 Å². The van der Waals surface area contributed by atoms with Crippen molar-refractivity contribution in [3.63, 3.8) is 0 Å². The summed E-state index contributed by atoms with van der Waals surface area (Å²) in [6.07, 6.45) is 1.83. The van der Waals surface area contributed by atoms with E-state index >= 15 is 0 Å². The number of thioether (sulfide) groups is 1. The van der Waals surface area contributed by atoms with Crippen molar-refractivity contribution >= 4 is 45.8 Å². The van der Waals surface area contributed by atoms with Crippen LogP contribution in [0.15, 0.2) is 35.3 Å². The predicted molar refractivity (Wildman–Crippen MR) is 97.2 cm³/mol. The lowest BCUT2D eigenvalue weighted by Crippen LogP contribution is -2.04. The zero-order valence-electron chi connectivity index (χ0n) is 12.5. The zero-order valence-corrected chi connectivity index (χ0v) is 14.8. The summed E-state index contributed by atoms with van der Waals surface area (Å²) in [4.78, 5) is 4.19. The van der Waals surface area contributed by atoms with Crippen molar-refractivity contribution in [1.29, 1.82) is 0 Å². The van der Waals surface area contributed by atoms with E-state index in [4.69, 9.17) is 33.7 Å². The number of nitrogens with two attached hydrogens (primary N) is 1. The Morgan fingerprint density at radius 3 is 2.41 bits per heavy atom. The van der Waals surface area contributed by atoms with Crippen LogP contribution in [0.2, 0.25) is 10.0 Å². The van der Waals surface area contributed by atoms with Crippen LogP contribution in [0.25, 0.3) is 0 Å². The molecule has 0 aliphatic carbocycles. The molecule has 0 saturated heterocycles. The van der Waals surface area contributed by atoms with Gasteiger partial charge in [-0.2, -0.15) is 0 Å². The van der Waals surface area contributed by atoms with Crippen LogP contribution in [0.5, 0.6) is 11.5 Å². The zero-order chi connectivity index (χ0) is 16.3. The molecule has 2 aromatic rings. The Hall–Kier alpha value is -1.36. The lowest BCUT2D eigenvalue weighted by atomic mass is 10.1. The van der Waals surface area contributed by atoms with Crippen molar-refractivity contribution in [2.75, 3.05) is 6.26 Å². The van der Waals surface area contributed by atoms with Gasteiger partial charge in [-0.05, 0) is 37.3 Å². The number of hydrogen-bond acceptors (Lipinski definition) is 3. The standard InChI is InChI=1S/C16H16Cl2N2OS/c1-9-5-4-6-14(10(9)2)21-11-7-12(17)15(13(18)8-11)20-16(19)22-3/h4-8H,1-3H3,(H2,19,20). The molecule has 0 atom stereocenters. The number of nitrogens with zero attached hydrogens (tertiary/aromatic N) is 1. The van der Waals surface area contributed by atoms with Gasteiger partial charge in [-0.25, -0.2) is 4.99 Å². The molecule has 2 rings (SSSR count). The number of benzene rings is 2. The molecular weight excluding hydrogens is 339 g/mol. The average Bonchev–Trinajstić information content (AvgIpc) is 2.47. The Morgan fingerprint density at radius 1 is 1.18 bits per heavy atom. The van der Waals surface area contributed by atoms with Crippen molar-refractivity contribution in [3.05, 3.63) is 51.5 Å². The summed E-state index contributed by atoms with van der Waals surface area (Å²) in [6, 6.07) is 9.25. The Kier molecular flexibility index (Phi) is 5.62. The molecule has 116 valence electrons. The second-order valence-electron chi connectivity index (χ2n) is 4.69. The predicted octanol–water partition coefficient (Wildman–Crippen LogP) is 5.71. The van der Waals surface area contributed by atoms with E-state index in [9.17, 15) is 0 Å². The highest BCUT2D eigenvalue weighted by molar-refractivity contribution is 8.13. The number of rotatable bonds is 3. The average molecular weight is 355 g/mol. The van der Waals surface area contributed by atoms with Crippen molar-refractivity contribution in [3.8, 4) is 11.5 Å². The van der Waals surface area contributed by atoms with E-state index in [0.717, 1.165) is 16.9 Å². The number of aliphatic imine (C=N–C) groups is 1. The van der Waals surface area contributed by atoms with E-state index in [1.807, 2.05) is 38.3 Å². The van der Waals surface area contributed by atoms with Gasteiger partial charge in [-0.3, -0.25) is 0 Å². The molecule has 0 aliphatic heterocycles. The number of ether oxygens (including phenoxy) is 1. The third-order valence-electron chi connectivity index (χ3n) is 3.20. The smallest absolute Gasteiger partial charge is 0.159 e. The first-order chi connectivity index (χ1) is 10.4. The number of aryl methyl sites for hydroxylation is 1. The van der Waals surface area contributed by atoms with Crippen molar-refractivity contribution in [1.82, 2.24) is 0 Å². The van der Waals surface area contributed by atoms with Crippen molar-refractivity contribution < 1.29 is 4.74 Å². The summed E-state index contributed by atoms with van der Waals surface area (Å²) in [5, 5.41) is 1.18. The summed E-state index contributed by atoms with van der Waals surface area (Å²) in [6.45, 7) is 4.04. The molecule has 3 nitrogen and oxygen atoms in total. The van der Waals surface area contributed by atoms with Crippen LogP contribution in [-0.2, 0) is 0 Å². The maximum Gasteiger partial charge on any atom is 0.159 e. The van der Waals surface area contributed by atoms with Gasteiger partial charge < -0.3 is 10.5 Å². The summed E-state index contributed by atoms with van der Waals surface area (Å²) in [5.41, 5.74) is 8.38. The molecule has 0 spiro atoms. The van der Waals surface area contributed by atoms with Gasteiger partial charge >= 0.3 is 0 Å². The first kappa shape index (κ1) is 17.0. The summed E-state index contributed by atoms with van der Waals surface area (Å²) >= 11 is 13.8. The van der Waals surface area contributed by atoms with E-state index in [2.05, 4.69) is 4.99 Å². The number of hydrogen-bond donors (Lipinski definition) is 1. The fourth-order valence-electron chi connectivity index (χ4n) is 1.83. The topological polar surface area (TPSA) is 47.6 Å². The molecule has 0 unspecified atom stereocenters. The monoisotopic (exact) mass is 354 g/mol. The van der Waals surface area contributed by atoms with E-state index in [-0.39, 0.29) is 0 Å². The molecule has 0 saturated carbocycles. The lowest BCUT2D eigenvalue weighted by molar-refractivity contribution is 0.478.